The molecule has 184 valence electrons. The van der Waals surface area contributed by atoms with Crippen molar-refractivity contribution in [3.63, 3.8) is 0 Å². The van der Waals surface area contributed by atoms with Gasteiger partial charge in [-0.05, 0) is 53.8 Å². The molecule has 6 nitrogen and oxygen atoms in total. The lowest BCUT2D eigenvalue weighted by atomic mass is 9.96. The summed E-state index contributed by atoms with van der Waals surface area (Å²) in [4.78, 5) is 11.3. The van der Waals surface area contributed by atoms with Crippen LogP contribution in [-0.2, 0) is 29.1 Å². The molecule has 0 bridgehead atoms. The number of aliphatic carboxylic acids is 1. The van der Waals surface area contributed by atoms with Crippen molar-refractivity contribution in [2.24, 2.45) is 5.73 Å². The SMILES string of the molecule is NCc1cccc(-c2cc(C=C3CCOCC3)c3occ(COc4ccccc4CC(=O)O)c3c2)c1. The fourth-order valence-electron chi connectivity index (χ4n) is 4.59. The Kier molecular flexibility index (Phi) is 7.16. The number of hydrogen-bond donors (Lipinski definition) is 2. The molecular formula is C30H29NO5. The first kappa shape index (κ1) is 23.9. The number of hydrogen-bond acceptors (Lipinski definition) is 5. The van der Waals surface area contributed by atoms with Gasteiger partial charge in [0, 0.05) is 28.6 Å². The van der Waals surface area contributed by atoms with E-state index in [9.17, 15) is 9.90 Å². The second-order valence-electron chi connectivity index (χ2n) is 8.99. The van der Waals surface area contributed by atoms with Crippen LogP contribution in [0.2, 0.25) is 0 Å². The first-order chi connectivity index (χ1) is 17.6. The predicted molar refractivity (Wildman–Crippen MR) is 140 cm³/mol. The topological polar surface area (TPSA) is 94.9 Å². The lowest BCUT2D eigenvalue weighted by Gasteiger charge is -2.15. The third-order valence-electron chi connectivity index (χ3n) is 6.47. The molecule has 3 aromatic carbocycles. The molecule has 0 atom stereocenters. The Morgan fingerprint density at radius 2 is 1.83 bits per heavy atom. The number of ether oxygens (including phenoxy) is 2. The van der Waals surface area contributed by atoms with Crippen molar-refractivity contribution in [2.75, 3.05) is 13.2 Å². The second-order valence-corrected chi connectivity index (χ2v) is 8.99. The van der Waals surface area contributed by atoms with E-state index in [2.05, 4.69) is 30.3 Å². The van der Waals surface area contributed by atoms with E-state index in [1.807, 2.05) is 24.3 Å². The van der Waals surface area contributed by atoms with Crippen molar-refractivity contribution >= 4 is 23.0 Å². The normalized spacial score (nSPS) is 13.6. The molecule has 2 heterocycles. The maximum Gasteiger partial charge on any atom is 0.307 e. The van der Waals surface area contributed by atoms with E-state index in [0.717, 1.165) is 64.8 Å². The van der Waals surface area contributed by atoms with E-state index < -0.39 is 5.97 Å². The zero-order valence-corrected chi connectivity index (χ0v) is 20.0. The maximum atomic E-state index is 11.3. The van der Waals surface area contributed by atoms with Crippen molar-refractivity contribution in [3.05, 3.63) is 94.8 Å². The van der Waals surface area contributed by atoms with Gasteiger partial charge in [-0.3, -0.25) is 4.79 Å². The van der Waals surface area contributed by atoms with Gasteiger partial charge in [-0.15, -0.1) is 0 Å². The molecule has 0 saturated carbocycles. The van der Waals surface area contributed by atoms with E-state index in [4.69, 9.17) is 19.6 Å². The smallest absolute Gasteiger partial charge is 0.307 e. The van der Waals surface area contributed by atoms with Gasteiger partial charge in [-0.1, -0.05) is 48.0 Å². The number of fused-ring (bicyclic) bond motifs is 1. The zero-order chi connectivity index (χ0) is 24.9. The first-order valence-electron chi connectivity index (χ1n) is 12.1. The van der Waals surface area contributed by atoms with E-state index in [0.29, 0.717) is 17.9 Å². The Bertz CT molecular complexity index is 1410. The Morgan fingerprint density at radius 3 is 2.64 bits per heavy atom. The summed E-state index contributed by atoms with van der Waals surface area (Å²) in [5.41, 5.74) is 13.8. The highest BCUT2D eigenvalue weighted by Crippen LogP contribution is 2.34. The highest BCUT2D eigenvalue weighted by atomic mass is 16.5. The molecule has 36 heavy (non-hydrogen) atoms. The Balaban J connectivity index is 1.54. The van der Waals surface area contributed by atoms with E-state index >= 15 is 0 Å². The highest BCUT2D eigenvalue weighted by molar-refractivity contribution is 5.93. The molecule has 0 radical (unpaired) electrons. The van der Waals surface area contributed by atoms with Crippen molar-refractivity contribution in [2.45, 2.75) is 32.4 Å². The number of carbonyl (C=O) groups is 1. The second kappa shape index (κ2) is 10.8. The number of rotatable bonds is 8. The molecule has 5 rings (SSSR count). The molecule has 4 aromatic rings. The average molecular weight is 484 g/mol. The van der Waals surface area contributed by atoms with Crippen molar-refractivity contribution in [3.8, 4) is 16.9 Å². The Hall–Kier alpha value is -3.87. The molecule has 1 aliphatic rings. The summed E-state index contributed by atoms with van der Waals surface area (Å²) in [5.74, 6) is -0.333. The van der Waals surface area contributed by atoms with Gasteiger partial charge in [0.05, 0.1) is 25.9 Å². The maximum absolute atomic E-state index is 11.3. The van der Waals surface area contributed by atoms with Crippen LogP contribution in [0.5, 0.6) is 5.75 Å². The van der Waals surface area contributed by atoms with Crippen LogP contribution < -0.4 is 10.5 Å². The number of para-hydroxylation sites is 1. The lowest BCUT2D eigenvalue weighted by molar-refractivity contribution is -0.136. The zero-order valence-electron chi connectivity index (χ0n) is 20.0. The first-order valence-corrected chi connectivity index (χ1v) is 12.1. The van der Waals surface area contributed by atoms with Crippen LogP contribution in [0.15, 0.2) is 76.9 Å². The minimum Gasteiger partial charge on any atom is -0.488 e. The third kappa shape index (κ3) is 5.35. The van der Waals surface area contributed by atoms with Gasteiger partial charge in [0.2, 0.25) is 0 Å². The minimum atomic E-state index is -0.894. The summed E-state index contributed by atoms with van der Waals surface area (Å²) >= 11 is 0. The van der Waals surface area contributed by atoms with Crippen LogP contribution in [-0.4, -0.2) is 24.3 Å². The molecule has 1 aromatic heterocycles. The summed E-state index contributed by atoms with van der Waals surface area (Å²) in [7, 11) is 0. The number of carboxylic acid groups (broad SMARTS) is 1. The standard InChI is InChI=1S/C30H29NO5/c31-17-21-4-3-6-22(13-21)24-14-25(12-20-8-10-34-11-9-20)30-27(15-24)26(19-36-30)18-35-28-7-2-1-5-23(28)16-29(32)33/h1-7,12-15,19H,8-11,16-18,31H2,(H,32,33). The van der Waals surface area contributed by atoms with Gasteiger partial charge in [-0.2, -0.15) is 0 Å². The van der Waals surface area contributed by atoms with Gasteiger partial charge in [0.1, 0.15) is 17.9 Å². The van der Waals surface area contributed by atoms with E-state index in [1.165, 1.54) is 5.57 Å². The summed E-state index contributed by atoms with van der Waals surface area (Å²) < 4.78 is 17.7. The summed E-state index contributed by atoms with van der Waals surface area (Å²) in [6, 6.07) is 19.8. The van der Waals surface area contributed by atoms with Crippen LogP contribution in [0.4, 0.5) is 0 Å². The van der Waals surface area contributed by atoms with Crippen molar-refractivity contribution < 1.29 is 23.8 Å². The van der Waals surface area contributed by atoms with E-state index in [1.54, 1.807) is 18.4 Å². The van der Waals surface area contributed by atoms with E-state index in [-0.39, 0.29) is 13.0 Å². The minimum absolute atomic E-state index is 0.0919. The fourth-order valence-corrected chi connectivity index (χ4v) is 4.59. The molecular weight excluding hydrogens is 454 g/mol. The average Bonchev–Trinajstić information content (AvgIpc) is 3.32. The highest BCUT2D eigenvalue weighted by Gasteiger charge is 2.16. The number of benzene rings is 3. The predicted octanol–water partition coefficient (Wildman–Crippen LogP) is 5.96. The molecule has 3 N–H and O–H groups in total. The quantitative estimate of drug-likeness (QED) is 0.321. The Morgan fingerprint density at radius 1 is 1.00 bits per heavy atom. The lowest BCUT2D eigenvalue weighted by Crippen LogP contribution is -2.07. The monoisotopic (exact) mass is 483 g/mol. The van der Waals surface area contributed by atoms with Crippen LogP contribution in [0, 0.1) is 0 Å². The van der Waals surface area contributed by atoms with Crippen LogP contribution in [0.3, 0.4) is 0 Å². The third-order valence-corrected chi connectivity index (χ3v) is 6.47. The van der Waals surface area contributed by atoms with Gasteiger partial charge in [0.25, 0.3) is 0 Å². The molecule has 1 saturated heterocycles. The summed E-state index contributed by atoms with van der Waals surface area (Å²) in [6.45, 7) is 2.22. The van der Waals surface area contributed by atoms with Crippen LogP contribution >= 0.6 is 0 Å². The molecule has 0 aliphatic carbocycles. The molecule has 1 fully saturated rings. The van der Waals surface area contributed by atoms with Gasteiger partial charge < -0.3 is 24.7 Å². The Labute approximate surface area is 209 Å². The molecule has 6 heteroatoms. The molecule has 0 amide bonds. The van der Waals surface area contributed by atoms with Gasteiger partial charge in [0.15, 0.2) is 0 Å². The van der Waals surface area contributed by atoms with Gasteiger partial charge in [-0.25, -0.2) is 0 Å². The molecule has 1 aliphatic heterocycles. The van der Waals surface area contributed by atoms with Gasteiger partial charge >= 0.3 is 5.97 Å². The number of furan rings is 1. The largest absolute Gasteiger partial charge is 0.488 e. The number of carboxylic acids is 1. The number of nitrogens with two attached hydrogens (primary N) is 1. The van der Waals surface area contributed by atoms with Crippen LogP contribution in [0.1, 0.15) is 35.1 Å². The van der Waals surface area contributed by atoms with Crippen molar-refractivity contribution in [1.29, 1.82) is 0 Å². The molecule has 0 unspecified atom stereocenters. The fraction of sp³-hybridized carbons (Fsp3) is 0.233. The molecule has 0 spiro atoms. The van der Waals surface area contributed by atoms with Crippen LogP contribution in [0.25, 0.3) is 28.2 Å². The summed E-state index contributed by atoms with van der Waals surface area (Å²) in [6.07, 6.45) is 5.68. The summed E-state index contributed by atoms with van der Waals surface area (Å²) in [5, 5.41) is 10.2. The van der Waals surface area contributed by atoms with Crippen molar-refractivity contribution in [1.82, 2.24) is 0 Å².